The van der Waals surface area contributed by atoms with Crippen molar-refractivity contribution in [2.75, 3.05) is 11.9 Å². The quantitative estimate of drug-likeness (QED) is 0.683. The first-order valence-electron chi connectivity index (χ1n) is 5.60. The second-order valence-corrected chi connectivity index (χ2v) is 5.28. The lowest BCUT2D eigenvalue weighted by molar-refractivity contribution is -0.155. The predicted molar refractivity (Wildman–Crippen MR) is 76.5 cm³/mol. The van der Waals surface area contributed by atoms with Crippen molar-refractivity contribution in [3.05, 3.63) is 27.7 Å². The number of hydrogen-bond donors (Lipinski definition) is 4. The van der Waals surface area contributed by atoms with E-state index in [0.29, 0.717) is 10.0 Å². The third-order valence-electron chi connectivity index (χ3n) is 2.55. The molecule has 0 aliphatic heterocycles. The maximum Gasteiger partial charge on any atom is 0.337 e. The summed E-state index contributed by atoms with van der Waals surface area (Å²) in [5.41, 5.74) is -1.00. The number of hydrogen-bond acceptors (Lipinski definition) is 3. The van der Waals surface area contributed by atoms with Crippen LogP contribution in [0.3, 0.4) is 0 Å². The van der Waals surface area contributed by atoms with E-state index in [9.17, 15) is 14.7 Å². The molecule has 0 aliphatic carbocycles. The van der Waals surface area contributed by atoms with Gasteiger partial charge < -0.3 is 20.8 Å². The molecule has 1 rings (SSSR count). The van der Waals surface area contributed by atoms with Crippen LogP contribution < -0.4 is 10.6 Å². The average Bonchev–Trinajstić information content (AvgIpc) is 2.33. The number of urea groups is 1. The number of nitrogens with one attached hydrogen (secondary N) is 2. The normalized spacial score (nSPS) is 13.4. The van der Waals surface area contributed by atoms with E-state index >= 15 is 0 Å². The van der Waals surface area contributed by atoms with E-state index in [1.165, 1.54) is 6.07 Å². The zero-order valence-electron chi connectivity index (χ0n) is 10.8. The van der Waals surface area contributed by atoms with Crippen molar-refractivity contribution in [2.45, 2.75) is 19.4 Å². The molecule has 0 radical (unpaired) electrons. The lowest BCUT2D eigenvalue weighted by Crippen LogP contribution is -2.47. The summed E-state index contributed by atoms with van der Waals surface area (Å²) in [6.07, 6.45) is 0. The Morgan fingerprint density at radius 2 is 1.90 bits per heavy atom. The van der Waals surface area contributed by atoms with Crippen LogP contribution in [-0.2, 0) is 4.79 Å². The molecule has 0 heterocycles. The van der Waals surface area contributed by atoms with Crippen LogP contribution in [0, 0.1) is 6.92 Å². The Bertz CT molecular complexity index is 547. The number of carbonyl (C=O) groups excluding carboxylic acids is 1. The Balaban J connectivity index is 2.68. The number of halogens is 2. The minimum absolute atomic E-state index is 0.287. The van der Waals surface area contributed by atoms with E-state index in [-0.39, 0.29) is 5.69 Å². The SMILES string of the molecule is Cc1cc(Cl)c(NC(=O)NCC(C)(O)C(=O)O)cc1Cl. The highest BCUT2D eigenvalue weighted by atomic mass is 35.5. The first-order valence-corrected chi connectivity index (χ1v) is 6.35. The Morgan fingerprint density at radius 1 is 1.30 bits per heavy atom. The highest BCUT2D eigenvalue weighted by molar-refractivity contribution is 6.36. The molecule has 20 heavy (non-hydrogen) atoms. The van der Waals surface area contributed by atoms with Crippen LogP contribution >= 0.6 is 23.2 Å². The van der Waals surface area contributed by atoms with Crippen LogP contribution in [0.25, 0.3) is 0 Å². The predicted octanol–water partition coefficient (Wildman–Crippen LogP) is 2.26. The van der Waals surface area contributed by atoms with E-state index in [0.717, 1.165) is 12.5 Å². The van der Waals surface area contributed by atoms with Crippen molar-refractivity contribution in [3.63, 3.8) is 0 Å². The van der Waals surface area contributed by atoms with E-state index in [1.807, 2.05) is 0 Å². The van der Waals surface area contributed by atoms with Gasteiger partial charge in [-0.2, -0.15) is 0 Å². The molecular formula is C12H14Cl2N2O4. The zero-order valence-corrected chi connectivity index (χ0v) is 12.3. The number of aryl methyl sites for hydroxylation is 1. The van der Waals surface area contributed by atoms with Gasteiger partial charge in [0.1, 0.15) is 0 Å². The lowest BCUT2D eigenvalue weighted by atomic mass is 10.1. The van der Waals surface area contributed by atoms with Gasteiger partial charge in [0.2, 0.25) is 0 Å². The van der Waals surface area contributed by atoms with Crippen molar-refractivity contribution in [1.29, 1.82) is 0 Å². The van der Waals surface area contributed by atoms with Gasteiger partial charge in [-0.05, 0) is 31.5 Å². The number of carboxylic acid groups (broad SMARTS) is 1. The summed E-state index contributed by atoms with van der Waals surface area (Å²) in [4.78, 5) is 22.3. The third-order valence-corrected chi connectivity index (χ3v) is 3.27. The Labute approximate surface area is 125 Å². The number of aliphatic hydroxyl groups is 1. The van der Waals surface area contributed by atoms with Gasteiger partial charge in [0.15, 0.2) is 5.60 Å². The van der Waals surface area contributed by atoms with Crippen LogP contribution in [0.5, 0.6) is 0 Å². The Morgan fingerprint density at radius 3 is 2.45 bits per heavy atom. The summed E-state index contributed by atoms with van der Waals surface area (Å²) >= 11 is 11.9. The fourth-order valence-corrected chi connectivity index (χ4v) is 1.67. The molecular weight excluding hydrogens is 307 g/mol. The van der Waals surface area contributed by atoms with E-state index in [1.54, 1.807) is 13.0 Å². The topological polar surface area (TPSA) is 98.7 Å². The highest BCUT2D eigenvalue weighted by Crippen LogP contribution is 2.28. The van der Waals surface area contributed by atoms with Crippen molar-refractivity contribution in [3.8, 4) is 0 Å². The molecule has 4 N–H and O–H groups in total. The highest BCUT2D eigenvalue weighted by Gasteiger charge is 2.30. The molecule has 8 heteroatoms. The maximum atomic E-state index is 11.6. The fraction of sp³-hybridized carbons (Fsp3) is 0.333. The van der Waals surface area contributed by atoms with Crippen LogP contribution in [0.15, 0.2) is 12.1 Å². The van der Waals surface area contributed by atoms with Crippen LogP contribution in [0.2, 0.25) is 10.0 Å². The molecule has 0 aromatic heterocycles. The van der Waals surface area contributed by atoms with Crippen molar-refractivity contribution in [1.82, 2.24) is 5.32 Å². The molecule has 0 fully saturated rings. The van der Waals surface area contributed by atoms with Gasteiger partial charge in [0.05, 0.1) is 17.3 Å². The molecule has 0 aliphatic rings. The minimum Gasteiger partial charge on any atom is -0.479 e. The second kappa shape index (κ2) is 6.30. The number of carbonyl (C=O) groups is 2. The standard InChI is InChI=1S/C12H14Cl2N2O4/c1-6-3-8(14)9(4-7(6)13)16-11(19)15-5-12(2,20)10(17)18/h3-4,20H,5H2,1-2H3,(H,17,18)(H2,15,16,19). The number of aliphatic carboxylic acids is 1. The van der Waals surface area contributed by atoms with Crippen molar-refractivity contribution < 1.29 is 19.8 Å². The molecule has 0 spiro atoms. The van der Waals surface area contributed by atoms with Crippen molar-refractivity contribution in [2.24, 2.45) is 0 Å². The molecule has 0 bridgehead atoms. The molecule has 0 saturated heterocycles. The average molecular weight is 321 g/mol. The molecule has 1 atom stereocenters. The zero-order chi connectivity index (χ0) is 15.5. The van der Waals surface area contributed by atoms with Gasteiger partial charge in [0, 0.05) is 5.02 Å². The van der Waals surface area contributed by atoms with Gasteiger partial charge in [-0.15, -0.1) is 0 Å². The Hall–Kier alpha value is -1.50. The molecule has 110 valence electrons. The number of amides is 2. The van der Waals surface area contributed by atoms with Crippen LogP contribution in [0.4, 0.5) is 10.5 Å². The van der Waals surface area contributed by atoms with Crippen LogP contribution in [0.1, 0.15) is 12.5 Å². The third kappa shape index (κ3) is 4.26. The monoisotopic (exact) mass is 320 g/mol. The molecule has 6 nitrogen and oxygen atoms in total. The van der Waals surface area contributed by atoms with E-state index in [4.69, 9.17) is 28.3 Å². The van der Waals surface area contributed by atoms with Gasteiger partial charge in [-0.1, -0.05) is 23.2 Å². The summed E-state index contributed by atoms with van der Waals surface area (Å²) < 4.78 is 0. The second-order valence-electron chi connectivity index (χ2n) is 4.47. The molecule has 1 unspecified atom stereocenters. The first kappa shape index (κ1) is 16.6. The van der Waals surface area contributed by atoms with E-state index in [2.05, 4.69) is 10.6 Å². The smallest absolute Gasteiger partial charge is 0.337 e. The van der Waals surface area contributed by atoms with Gasteiger partial charge >= 0.3 is 12.0 Å². The van der Waals surface area contributed by atoms with Gasteiger partial charge in [-0.3, -0.25) is 0 Å². The summed E-state index contributed by atoms with van der Waals surface area (Å²) in [7, 11) is 0. The van der Waals surface area contributed by atoms with Crippen LogP contribution in [-0.4, -0.2) is 34.4 Å². The molecule has 0 saturated carbocycles. The van der Waals surface area contributed by atoms with Gasteiger partial charge in [0.25, 0.3) is 0 Å². The number of anilines is 1. The summed E-state index contributed by atoms with van der Waals surface area (Å²) in [6, 6.07) is 2.37. The minimum atomic E-state index is -2.05. The maximum absolute atomic E-state index is 11.6. The van der Waals surface area contributed by atoms with Gasteiger partial charge in [-0.25, -0.2) is 9.59 Å². The molecule has 1 aromatic rings. The summed E-state index contributed by atoms with van der Waals surface area (Å²) in [6.45, 7) is 2.39. The number of carboxylic acids is 1. The fourth-order valence-electron chi connectivity index (χ4n) is 1.24. The number of rotatable bonds is 4. The van der Waals surface area contributed by atoms with E-state index < -0.39 is 24.1 Å². The largest absolute Gasteiger partial charge is 0.479 e. The summed E-state index contributed by atoms with van der Waals surface area (Å²) in [5.74, 6) is -1.44. The first-order chi connectivity index (χ1) is 9.13. The summed E-state index contributed by atoms with van der Waals surface area (Å²) in [5, 5.41) is 23.5. The Kier molecular flexibility index (Phi) is 5.21. The molecule has 1 aromatic carbocycles. The molecule has 2 amide bonds. The number of benzene rings is 1. The van der Waals surface area contributed by atoms with Crippen molar-refractivity contribution >= 4 is 40.9 Å². The lowest BCUT2D eigenvalue weighted by Gasteiger charge is -2.18.